The minimum Gasteiger partial charge on any atom is -0.396 e. The van der Waals surface area contributed by atoms with Crippen molar-refractivity contribution < 1.29 is 5.11 Å². The first-order valence-corrected chi connectivity index (χ1v) is 6.20. The number of aryl methyl sites for hydroxylation is 1. The molecule has 0 aliphatic carbocycles. The first kappa shape index (κ1) is 12.8. The van der Waals surface area contributed by atoms with Crippen LogP contribution in [0.5, 0.6) is 0 Å². The zero-order chi connectivity index (χ0) is 13.2. The lowest BCUT2D eigenvalue weighted by atomic mass is 9.93. The molecule has 2 rings (SSSR count). The molecule has 0 unspecified atom stereocenters. The molecule has 1 N–H and O–H groups in total. The fraction of sp³-hybridized carbons (Fsp3) is 0.538. The van der Waals surface area contributed by atoms with Gasteiger partial charge in [-0.05, 0) is 12.5 Å². The lowest BCUT2D eigenvalue weighted by molar-refractivity contribution is 0.277. The van der Waals surface area contributed by atoms with E-state index in [4.69, 9.17) is 5.11 Å². The van der Waals surface area contributed by atoms with E-state index in [1.54, 1.807) is 6.20 Å². The van der Waals surface area contributed by atoms with Gasteiger partial charge in [0.15, 0.2) is 0 Å². The van der Waals surface area contributed by atoms with Crippen molar-refractivity contribution in [3.63, 3.8) is 0 Å². The second-order valence-corrected chi connectivity index (χ2v) is 5.43. The third-order valence-corrected chi connectivity index (χ3v) is 2.79. The number of hydrogen-bond acceptors (Lipinski definition) is 3. The first-order valence-electron chi connectivity index (χ1n) is 6.20. The Morgan fingerprint density at radius 3 is 2.72 bits per heavy atom. The molecule has 0 saturated heterocycles. The van der Waals surface area contributed by atoms with Gasteiger partial charge in [0.05, 0.1) is 18.1 Å². The molecule has 0 atom stereocenters. The molecule has 0 aliphatic rings. The molecule has 0 radical (unpaired) electrons. The SMILES string of the molecule is CC(C)(C)c1ccn(-c2cnn(CCCO)c2)n1. The highest BCUT2D eigenvalue weighted by atomic mass is 16.3. The van der Waals surface area contributed by atoms with Gasteiger partial charge in [-0.1, -0.05) is 20.8 Å². The van der Waals surface area contributed by atoms with Crippen LogP contribution in [0.25, 0.3) is 5.69 Å². The Labute approximate surface area is 107 Å². The minimum atomic E-state index is 0.0537. The highest BCUT2D eigenvalue weighted by molar-refractivity contribution is 5.25. The molecule has 0 fully saturated rings. The van der Waals surface area contributed by atoms with Crippen LogP contribution >= 0.6 is 0 Å². The predicted octanol–water partition coefficient (Wildman–Crippen LogP) is 1.75. The van der Waals surface area contributed by atoms with Gasteiger partial charge in [0.25, 0.3) is 0 Å². The summed E-state index contributed by atoms with van der Waals surface area (Å²) in [7, 11) is 0. The summed E-state index contributed by atoms with van der Waals surface area (Å²) < 4.78 is 3.66. The van der Waals surface area contributed by atoms with Gasteiger partial charge in [0.2, 0.25) is 0 Å². The Balaban J connectivity index is 2.16. The monoisotopic (exact) mass is 248 g/mol. The van der Waals surface area contributed by atoms with Crippen LogP contribution in [0.15, 0.2) is 24.7 Å². The van der Waals surface area contributed by atoms with E-state index < -0.39 is 0 Å². The van der Waals surface area contributed by atoms with Crippen molar-refractivity contribution in [2.24, 2.45) is 0 Å². The maximum absolute atomic E-state index is 8.79. The fourth-order valence-corrected chi connectivity index (χ4v) is 1.69. The van der Waals surface area contributed by atoms with Gasteiger partial charge < -0.3 is 5.11 Å². The quantitative estimate of drug-likeness (QED) is 0.896. The molecule has 2 aromatic heterocycles. The van der Waals surface area contributed by atoms with Gasteiger partial charge in [-0.15, -0.1) is 0 Å². The van der Waals surface area contributed by atoms with Crippen molar-refractivity contribution in [2.75, 3.05) is 6.61 Å². The summed E-state index contributed by atoms with van der Waals surface area (Å²) in [6.45, 7) is 7.34. The molecule has 0 bridgehead atoms. The van der Waals surface area contributed by atoms with Crippen molar-refractivity contribution in [3.05, 3.63) is 30.4 Å². The molecule has 5 nitrogen and oxygen atoms in total. The van der Waals surface area contributed by atoms with Crippen molar-refractivity contribution in [2.45, 2.75) is 39.2 Å². The van der Waals surface area contributed by atoms with Crippen LogP contribution in [0, 0.1) is 0 Å². The summed E-state index contributed by atoms with van der Waals surface area (Å²) in [5.74, 6) is 0. The van der Waals surface area contributed by atoms with Gasteiger partial charge in [0, 0.05) is 24.8 Å². The normalized spacial score (nSPS) is 12.0. The van der Waals surface area contributed by atoms with Gasteiger partial charge in [-0.25, -0.2) is 4.68 Å². The molecule has 2 aromatic rings. The van der Waals surface area contributed by atoms with Gasteiger partial charge >= 0.3 is 0 Å². The third kappa shape index (κ3) is 2.79. The van der Waals surface area contributed by atoms with E-state index in [1.807, 2.05) is 27.8 Å². The van der Waals surface area contributed by atoms with Gasteiger partial charge in [-0.2, -0.15) is 10.2 Å². The van der Waals surface area contributed by atoms with E-state index in [1.165, 1.54) is 0 Å². The summed E-state index contributed by atoms with van der Waals surface area (Å²) in [5.41, 5.74) is 2.06. The zero-order valence-electron chi connectivity index (χ0n) is 11.2. The fourth-order valence-electron chi connectivity index (χ4n) is 1.69. The zero-order valence-corrected chi connectivity index (χ0v) is 11.2. The Bertz CT molecular complexity index is 507. The van der Waals surface area contributed by atoms with E-state index >= 15 is 0 Å². The molecular weight excluding hydrogens is 228 g/mol. The van der Waals surface area contributed by atoms with Crippen LogP contribution in [0.1, 0.15) is 32.9 Å². The van der Waals surface area contributed by atoms with Gasteiger partial charge in [0.1, 0.15) is 5.69 Å². The number of aliphatic hydroxyl groups excluding tert-OH is 1. The highest BCUT2D eigenvalue weighted by Gasteiger charge is 2.17. The van der Waals surface area contributed by atoms with Crippen molar-refractivity contribution >= 4 is 0 Å². The van der Waals surface area contributed by atoms with Crippen molar-refractivity contribution in [1.82, 2.24) is 19.6 Å². The maximum atomic E-state index is 8.79. The van der Waals surface area contributed by atoms with E-state index in [-0.39, 0.29) is 12.0 Å². The summed E-state index contributed by atoms with van der Waals surface area (Å²) in [6, 6.07) is 2.03. The highest BCUT2D eigenvalue weighted by Crippen LogP contribution is 2.20. The molecule has 0 spiro atoms. The number of hydrogen-bond donors (Lipinski definition) is 1. The minimum absolute atomic E-state index is 0.0537. The molecule has 2 heterocycles. The van der Waals surface area contributed by atoms with Crippen molar-refractivity contribution in [3.8, 4) is 5.69 Å². The molecule has 18 heavy (non-hydrogen) atoms. The van der Waals surface area contributed by atoms with Crippen LogP contribution in [-0.4, -0.2) is 31.3 Å². The van der Waals surface area contributed by atoms with Crippen LogP contribution < -0.4 is 0 Å². The van der Waals surface area contributed by atoms with Crippen LogP contribution in [0.4, 0.5) is 0 Å². The summed E-state index contributed by atoms with van der Waals surface area (Å²) in [4.78, 5) is 0. The molecule has 0 aromatic carbocycles. The van der Waals surface area contributed by atoms with Crippen molar-refractivity contribution in [1.29, 1.82) is 0 Å². The number of aliphatic hydroxyl groups is 1. The van der Waals surface area contributed by atoms with E-state index in [0.29, 0.717) is 6.42 Å². The molecule has 5 heteroatoms. The Morgan fingerprint density at radius 2 is 2.11 bits per heavy atom. The standard InChI is InChI=1S/C13H20N4O/c1-13(2,3)12-5-7-17(15-12)11-9-14-16(10-11)6-4-8-18/h5,7,9-10,18H,4,6,8H2,1-3H3. The lowest BCUT2D eigenvalue weighted by Crippen LogP contribution is -2.12. The first-order chi connectivity index (χ1) is 8.50. The van der Waals surface area contributed by atoms with E-state index in [9.17, 15) is 0 Å². The molecular formula is C13H20N4O. The molecule has 0 amide bonds. The maximum Gasteiger partial charge on any atom is 0.102 e. The predicted molar refractivity (Wildman–Crippen MR) is 69.8 cm³/mol. The van der Waals surface area contributed by atoms with E-state index in [2.05, 4.69) is 31.0 Å². The largest absolute Gasteiger partial charge is 0.396 e. The summed E-state index contributed by atoms with van der Waals surface area (Å²) >= 11 is 0. The smallest absolute Gasteiger partial charge is 0.102 e. The van der Waals surface area contributed by atoms with Gasteiger partial charge in [-0.3, -0.25) is 4.68 Å². The Kier molecular flexibility index (Phi) is 3.52. The van der Waals surface area contributed by atoms with E-state index in [0.717, 1.165) is 17.9 Å². The summed E-state index contributed by atoms with van der Waals surface area (Å²) in [5, 5.41) is 17.6. The third-order valence-electron chi connectivity index (χ3n) is 2.79. The van der Waals surface area contributed by atoms with Crippen LogP contribution in [0.3, 0.4) is 0 Å². The average Bonchev–Trinajstić information content (AvgIpc) is 2.93. The number of aromatic nitrogens is 4. The molecule has 0 aliphatic heterocycles. The number of rotatable bonds is 4. The second-order valence-electron chi connectivity index (χ2n) is 5.43. The average molecular weight is 248 g/mol. The Hall–Kier alpha value is -1.62. The number of nitrogens with zero attached hydrogens (tertiary/aromatic N) is 4. The lowest BCUT2D eigenvalue weighted by Gasteiger charge is -2.14. The van der Waals surface area contributed by atoms with Crippen LogP contribution in [-0.2, 0) is 12.0 Å². The molecule has 98 valence electrons. The molecule has 0 saturated carbocycles. The summed E-state index contributed by atoms with van der Waals surface area (Å²) in [6.07, 6.45) is 6.40. The van der Waals surface area contributed by atoms with Crippen LogP contribution in [0.2, 0.25) is 0 Å². The second kappa shape index (κ2) is 4.94. The Morgan fingerprint density at radius 1 is 1.33 bits per heavy atom. The topological polar surface area (TPSA) is 55.9 Å².